The van der Waals surface area contributed by atoms with Crippen LogP contribution in [0.25, 0.3) is 22.2 Å². The number of pyridine rings is 1. The summed E-state index contributed by atoms with van der Waals surface area (Å²) in [6, 6.07) is 19.9. The minimum Gasteiger partial charge on any atom is -0.323 e. The second-order valence-corrected chi connectivity index (χ2v) is 6.21. The molecule has 0 aliphatic heterocycles. The topological polar surface area (TPSA) is 50.7 Å². The zero-order valence-corrected chi connectivity index (χ0v) is 14.2. The Bertz CT molecular complexity index is 988. The minimum absolute atomic E-state index is 0.552. The summed E-state index contributed by atoms with van der Waals surface area (Å²) in [5.41, 5.74) is 3.69. The Morgan fingerprint density at radius 3 is 2.54 bits per heavy atom. The molecule has 0 amide bonds. The van der Waals surface area contributed by atoms with Gasteiger partial charge < -0.3 is 5.32 Å². The molecule has 0 saturated carbocycles. The molecular formula is C19H13BrN4. The normalized spacial score (nSPS) is 10.7. The number of anilines is 2. The summed E-state index contributed by atoms with van der Waals surface area (Å²) in [7, 11) is 0. The van der Waals surface area contributed by atoms with Gasteiger partial charge in [0.2, 0.25) is 5.95 Å². The highest BCUT2D eigenvalue weighted by Gasteiger charge is 2.10. The predicted octanol–water partition coefficient (Wildman–Crippen LogP) is 5.20. The third kappa shape index (κ3) is 2.98. The van der Waals surface area contributed by atoms with Crippen molar-refractivity contribution in [3.8, 4) is 11.3 Å². The van der Waals surface area contributed by atoms with Crippen molar-refractivity contribution in [2.24, 2.45) is 0 Å². The van der Waals surface area contributed by atoms with Crippen LogP contribution < -0.4 is 5.32 Å². The number of benzene rings is 2. The highest BCUT2D eigenvalue weighted by atomic mass is 79.9. The maximum Gasteiger partial charge on any atom is 0.228 e. The van der Waals surface area contributed by atoms with Crippen molar-refractivity contribution in [2.75, 3.05) is 5.32 Å². The highest BCUT2D eigenvalue weighted by Crippen LogP contribution is 2.30. The molecule has 4 rings (SSSR count). The van der Waals surface area contributed by atoms with E-state index in [9.17, 15) is 0 Å². The highest BCUT2D eigenvalue weighted by molar-refractivity contribution is 9.10. The Morgan fingerprint density at radius 1 is 0.875 bits per heavy atom. The molecule has 0 spiro atoms. The minimum atomic E-state index is 0.552. The first-order chi connectivity index (χ1) is 11.8. The molecule has 116 valence electrons. The second-order valence-electron chi connectivity index (χ2n) is 5.29. The van der Waals surface area contributed by atoms with Crippen molar-refractivity contribution in [1.82, 2.24) is 15.0 Å². The van der Waals surface area contributed by atoms with Gasteiger partial charge in [0.25, 0.3) is 0 Å². The Balaban J connectivity index is 1.89. The number of fused-ring (bicyclic) bond motifs is 1. The van der Waals surface area contributed by atoms with Crippen molar-refractivity contribution in [2.45, 2.75) is 0 Å². The molecule has 2 aromatic carbocycles. The van der Waals surface area contributed by atoms with Gasteiger partial charge in [-0.1, -0.05) is 46.3 Å². The average molecular weight is 377 g/mol. The summed E-state index contributed by atoms with van der Waals surface area (Å²) in [6.07, 6.45) is 3.48. The Kier molecular flexibility index (Phi) is 3.92. The van der Waals surface area contributed by atoms with E-state index in [0.717, 1.165) is 32.3 Å². The van der Waals surface area contributed by atoms with Gasteiger partial charge in [-0.15, -0.1) is 0 Å². The molecular weight excluding hydrogens is 364 g/mol. The van der Waals surface area contributed by atoms with Gasteiger partial charge >= 0.3 is 0 Å². The number of rotatable bonds is 3. The van der Waals surface area contributed by atoms with Crippen LogP contribution in [-0.4, -0.2) is 15.0 Å². The van der Waals surface area contributed by atoms with Crippen molar-refractivity contribution in [1.29, 1.82) is 0 Å². The van der Waals surface area contributed by atoms with Crippen LogP contribution in [0, 0.1) is 0 Å². The van der Waals surface area contributed by atoms with Crippen molar-refractivity contribution in [3.63, 3.8) is 0 Å². The third-order valence-corrected chi connectivity index (χ3v) is 4.12. The number of hydrogen-bond donors (Lipinski definition) is 1. The van der Waals surface area contributed by atoms with Crippen LogP contribution in [0.2, 0.25) is 0 Å². The van der Waals surface area contributed by atoms with Gasteiger partial charge in [-0.2, -0.15) is 0 Å². The van der Waals surface area contributed by atoms with Gasteiger partial charge in [-0.3, -0.25) is 4.98 Å². The summed E-state index contributed by atoms with van der Waals surface area (Å²) in [4.78, 5) is 13.5. The van der Waals surface area contributed by atoms with E-state index in [1.54, 1.807) is 12.4 Å². The molecule has 4 aromatic rings. The van der Waals surface area contributed by atoms with E-state index in [2.05, 4.69) is 43.3 Å². The van der Waals surface area contributed by atoms with Gasteiger partial charge in [0.05, 0.1) is 23.1 Å². The SMILES string of the molecule is Brc1ccc2nc(Nc3cccnc3)nc(-c3ccccc3)c2c1. The Hall–Kier alpha value is -2.79. The van der Waals surface area contributed by atoms with Crippen molar-refractivity contribution >= 4 is 38.5 Å². The molecule has 0 unspecified atom stereocenters. The van der Waals surface area contributed by atoms with Crippen LogP contribution in [-0.2, 0) is 0 Å². The molecule has 0 aliphatic rings. The van der Waals surface area contributed by atoms with Gasteiger partial charge in [0, 0.05) is 21.6 Å². The molecule has 0 atom stereocenters. The van der Waals surface area contributed by atoms with Gasteiger partial charge in [-0.25, -0.2) is 9.97 Å². The molecule has 24 heavy (non-hydrogen) atoms. The lowest BCUT2D eigenvalue weighted by molar-refractivity contribution is 1.20. The molecule has 0 radical (unpaired) electrons. The molecule has 5 heteroatoms. The lowest BCUT2D eigenvalue weighted by atomic mass is 10.1. The summed E-state index contributed by atoms with van der Waals surface area (Å²) < 4.78 is 1.00. The van der Waals surface area contributed by atoms with Gasteiger partial charge in [0.15, 0.2) is 0 Å². The van der Waals surface area contributed by atoms with Gasteiger partial charge in [-0.05, 0) is 30.3 Å². The van der Waals surface area contributed by atoms with E-state index in [0.29, 0.717) is 5.95 Å². The second kappa shape index (κ2) is 6.37. The largest absolute Gasteiger partial charge is 0.323 e. The molecule has 0 aliphatic carbocycles. The van der Waals surface area contributed by atoms with Crippen LogP contribution in [0.3, 0.4) is 0 Å². The Morgan fingerprint density at radius 2 is 1.75 bits per heavy atom. The fourth-order valence-corrected chi connectivity index (χ4v) is 2.90. The number of aromatic nitrogens is 3. The lowest BCUT2D eigenvalue weighted by Gasteiger charge is -2.10. The molecule has 2 aromatic heterocycles. The lowest BCUT2D eigenvalue weighted by Crippen LogP contribution is -2.00. The van der Waals surface area contributed by atoms with Crippen molar-refractivity contribution < 1.29 is 0 Å². The number of halogens is 1. The van der Waals surface area contributed by atoms with E-state index in [1.165, 1.54) is 0 Å². The maximum atomic E-state index is 4.74. The maximum absolute atomic E-state index is 4.74. The summed E-state index contributed by atoms with van der Waals surface area (Å²) in [5, 5.41) is 4.23. The molecule has 0 saturated heterocycles. The first kappa shape index (κ1) is 14.8. The number of hydrogen-bond acceptors (Lipinski definition) is 4. The van der Waals surface area contributed by atoms with Crippen LogP contribution in [0.1, 0.15) is 0 Å². The van der Waals surface area contributed by atoms with Gasteiger partial charge in [0.1, 0.15) is 0 Å². The standard InChI is InChI=1S/C19H13BrN4/c20-14-8-9-17-16(11-14)18(13-5-2-1-3-6-13)24-19(23-17)22-15-7-4-10-21-12-15/h1-12H,(H,22,23,24). The van der Waals surface area contributed by atoms with E-state index < -0.39 is 0 Å². The van der Waals surface area contributed by atoms with Crippen LogP contribution in [0.4, 0.5) is 11.6 Å². The molecule has 1 N–H and O–H groups in total. The molecule has 0 fully saturated rings. The fraction of sp³-hybridized carbons (Fsp3) is 0. The summed E-state index contributed by atoms with van der Waals surface area (Å²) >= 11 is 3.53. The number of nitrogens with zero attached hydrogens (tertiary/aromatic N) is 3. The zero-order valence-electron chi connectivity index (χ0n) is 12.6. The monoisotopic (exact) mass is 376 g/mol. The zero-order chi connectivity index (χ0) is 16.4. The van der Waals surface area contributed by atoms with E-state index >= 15 is 0 Å². The molecule has 0 bridgehead atoms. The average Bonchev–Trinajstić information content (AvgIpc) is 2.63. The van der Waals surface area contributed by atoms with Crippen LogP contribution >= 0.6 is 15.9 Å². The van der Waals surface area contributed by atoms with E-state index in [1.807, 2.05) is 48.5 Å². The number of nitrogens with one attached hydrogen (secondary N) is 1. The first-order valence-electron chi connectivity index (χ1n) is 7.49. The van der Waals surface area contributed by atoms with Crippen LogP contribution in [0.15, 0.2) is 77.5 Å². The van der Waals surface area contributed by atoms with E-state index in [4.69, 9.17) is 4.98 Å². The predicted molar refractivity (Wildman–Crippen MR) is 100 cm³/mol. The summed E-state index contributed by atoms with van der Waals surface area (Å²) in [5.74, 6) is 0.552. The quantitative estimate of drug-likeness (QED) is 0.533. The summed E-state index contributed by atoms with van der Waals surface area (Å²) in [6.45, 7) is 0. The smallest absolute Gasteiger partial charge is 0.228 e. The Labute approximate surface area is 147 Å². The molecule has 2 heterocycles. The first-order valence-corrected chi connectivity index (χ1v) is 8.29. The van der Waals surface area contributed by atoms with Crippen LogP contribution in [0.5, 0.6) is 0 Å². The van der Waals surface area contributed by atoms with E-state index in [-0.39, 0.29) is 0 Å². The molecule has 4 nitrogen and oxygen atoms in total. The van der Waals surface area contributed by atoms with Crippen molar-refractivity contribution in [3.05, 3.63) is 77.5 Å². The fourth-order valence-electron chi connectivity index (χ4n) is 2.54. The third-order valence-electron chi connectivity index (χ3n) is 3.62.